The smallest absolute Gasteiger partial charge is 0.326 e. The van der Waals surface area contributed by atoms with Gasteiger partial charge in [-0.2, -0.15) is 0 Å². The standard InChI is InChI=1S/C51H70N10O10/c1-27(2)19-38(56-45(64)31(8)55-44(63)30(7)52)46(65)57-39(20-28(3)4)47(66)59-41(23-33-13-16-34-11-9-10-12-35(34)21-33)48(67)60-42(24-36-25-53-26-54-36)49(68)58-40(22-32-14-17-37(62)18-15-32)50(69)61-43(29(5)6)51(70)71/h9-18,21,25-31,38-43,62H,19-20,22-24,52H2,1-8H3,(H,53,54)(H,55,63)(H,56,64)(H,57,65)(H,58,68)(H,59,66)(H,60,67)(H,61,69)(H,70,71)/t30-,31-,38-,39-,40-,41-,42-,43-/m0/s1. The third kappa shape index (κ3) is 17.8. The minimum atomic E-state index is -1.40. The first kappa shape index (κ1) is 56.2. The molecule has 4 rings (SSSR count). The normalized spacial score (nSPS) is 14.8. The van der Waals surface area contributed by atoms with Gasteiger partial charge in [0.15, 0.2) is 0 Å². The summed E-state index contributed by atoms with van der Waals surface area (Å²) in [6, 6.07) is 9.38. The van der Waals surface area contributed by atoms with Gasteiger partial charge in [0.1, 0.15) is 48.0 Å². The largest absolute Gasteiger partial charge is 0.508 e. The number of carboxylic acid groups (broad SMARTS) is 1. The Morgan fingerprint density at radius 3 is 1.51 bits per heavy atom. The molecule has 20 nitrogen and oxygen atoms in total. The third-order valence-corrected chi connectivity index (χ3v) is 11.6. The van der Waals surface area contributed by atoms with Crippen LogP contribution in [0.5, 0.6) is 5.75 Å². The van der Waals surface area contributed by atoms with Gasteiger partial charge in [-0.15, -0.1) is 0 Å². The highest BCUT2D eigenvalue weighted by molar-refractivity contribution is 5.98. The van der Waals surface area contributed by atoms with E-state index in [9.17, 15) is 48.6 Å². The minimum Gasteiger partial charge on any atom is -0.508 e. The SMILES string of the molecule is CC(C)C[C@H](NC(=O)[C@H](C)NC(=O)[C@H](C)N)C(=O)N[C@@H](CC(C)C)C(=O)N[C@@H](Cc1ccc2ccccc2c1)C(=O)N[C@@H](Cc1cnc[nH]1)C(=O)N[C@@H](Cc1ccc(O)cc1)C(=O)N[C@H](C(=O)O)C(C)C. The molecule has 3 aromatic carbocycles. The zero-order valence-electron chi connectivity index (χ0n) is 41.6. The second-order valence-electron chi connectivity index (χ2n) is 19.2. The lowest BCUT2D eigenvalue weighted by atomic mass is 9.98. The molecule has 0 bridgehead atoms. The summed E-state index contributed by atoms with van der Waals surface area (Å²) in [7, 11) is 0. The van der Waals surface area contributed by atoms with Gasteiger partial charge < -0.3 is 58.1 Å². The number of fused-ring (bicyclic) bond motifs is 1. The van der Waals surface area contributed by atoms with Gasteiger partial charge in [-0.05, 0) is 78.5 Å². The molecular weight excluding hydrogens is 913 g/mol. The van der Waals surface area contributed by atoms with Crippen LogP contribution in [0.15, 0.2) is 79.3 Å². The number of aromatic hydroxyl groups is 1. The number of aromatic amines is 1. The zero-order chi connectivity index (χ0) is 52.5. The molecule has 71 heavy (non-hydrogen) atoms. The first-order chi connectivity index (χ1) is 33.5. The molecule has 0 spiro atoms. The first-order valence-corrected chi connectivity index (χ1v) is 23.8. The molecule has 0 saturated heterocycles. The number of carbonyl (C=O) groups is 8. The fourth-order valence-electron chi connectivity index (χ4n) is 7.68. The van der Waals surface area contributed by atoms with Crippen LogP contribution in [0.2, 0.25) is 0 Å². The molecule has 12 N–H and O–H groups in total. The van der Waals surface area contributed by atoms with Crippen LogP contribution in [0.25, 0.3) is 10.8 Å². The Kier molecular flexibility index (Phi) is 21.1. The number of aromatic nitrogens is 2. The number of nitrogens with two attached hydrogens (primary N) is 1. The Bertz CT molecular complexity index is 2460. The van der Waals surface area contributed by atoms with Crippen molar-refractivity contribution in [2.24, 2.45) is 23.5 Å². The van der Waals surface area contributed by atoms with Crippen LogP contribution in [0.3, 0.4) is 0 Å². The number of rotatable bonds is 26. The number of benzene rings is 3. The highest BCUT2D eigenvalue weighted by Crippen LogP contribution is 2.18. The molecule has 384 valence electrons. The molecule has 0 aliphatic rings. The minimum absolute atomic E-state index is 0.0366. The molecule has 7 amide bonds. The molecule has 0 aliphatic carbocycles. The van der Waals surface area contributed by atoms with Gasteiger partial charge in [0.25, 0.3) is 0 Å². The Balaban J connectivity index is 1.68. The molecule has 20 heteroatoms. The van der Waals surface area contributed by atoms with Crippen LogP contribution in [0, 0.1) is 17.8 Å². The Morgan fingerprint density at radius 2 is 1.01 bits per heavy atom. The lowest BCUT2D eigenvalue weighted by Gasteiger charge is -2.29. The summed E-state index contributed by atoms with van der Waals surface area (Å²) in [5, 5.41) is 40.4. The van der Waals surface area contributed by atoms with Crippen LogP contribution in [0.4, 0.5) is 0 Å². The van der Waals surface area contributed by atoms with Gasteiger partial charge >= 0.3 is 5.97 Å². The Morgan fingerprint density at radius 1 is 0.549 bits per heavy atom. The molecule has 1 heterocycles. The molecule has 0 fully saturated rings. The highest BCUT2D eigenvalue weighted by Gasteiger charge is 2.35. The van der Waals surface area contributed by atoms with Gasteiger partial charge in [-0.3, -0.25) is 33.6 Å². The number of nitrogens with zero attached hydrogens (tertiary/aromatic N) is 1. The summed E-state index contributed by atoms with van der Waals surface area (Å²) in [5.74, 6) is -7.08. The number of hydrogen-bond donors (Lipinski definition) is 11. The molecular formula is C51H70N10O10. The van der Waals surface area contributed by atoms with E-state index in [4.69, 9.17) is 5.73 Å². The monoisotopic (exact) mass is 983 g/mol. The number of hydrogen-bond acceptors (Lipinski definition) is 11. The van der Waals surface area contributed by atoms with E-state index in [-0.39, 0.29) is 49.7 Å². The van der Waals surface area contributed by atoms with E-state index in [1.165, 1.54) is 38.5 Å². The van der Waals surface area contributed by atoms with E-state index < -0.39 is 102 Å². The van der Waals surface area contributed by atoms with Gasteiger partial charge in [-0.1, -0.05) is 96.1 Å². The van der Waals surface area contributed by atoms with Crippen LogP contribution in [-0.2, 0) is 57.6 Å². The predicted molar refractivity (Wildman–Crippen MR) is 266 cm³/mol. The third-order valence-electron chi connectivity index (χ3n) is 11.6. The van der Waals surface area contributed by atoms with E-state index in [0.717, 1.165) is 10.8 Å². The number of carboxylic acids is 1. The number of amides is 7. The van der Waals surface area contributed by atoms with Gasteiger partial charge in [-0.25, -0.2) is 9.78 Å². The molecule has 8 atom stereocenters. The summed E-state index contributed by atoms with van der Waals surface area (Å²) in [4.78, 5) is 116. The van der Waals surface area contributed by atoms with E-state index in [0.29, 0.717) is 16.8 Å². The summed E-state index contributed by atoms with van der Waals surface area (Å²) in [5.41, 5.74) is 7.26. The molecule has 0 aliphatic heterocycles. The summed E-state index contributed by atoms with van der Waals surface area (Å²) in [6.45, 7) is 13.6. The summed E-state index contributed by atoms with van der Waals surface area (Å²) >= 11 is 0. The van der Waals surface area contributed by atoms with E-state index in [1.807, 2.05) is 70.2 Å². The number of aliphatic carboxylic acids is 1. The van der Waals surface area contributed by atoms with Gasteiger partial charge in [0.2, 0.25) is 41.4 Å². The number of phenolic OH excluding ortho intramolecular Hbond substituents is 1. The molecule has 0 radical (unpaired) electrons. The molecule has 0 unspecified atom stereocenters. The van der Waals surface area contributed by atoms with Crippen molar-refractivity contribution in [3.8, 4) is 5.75 Å². The second kappa shape index (κ2) is 26.6. The van der Waals surface area contributed by atoms with Gasteiger partial charge in [0.05, 0.1) is 12.4 Å². The number of carbonyl (C=O) groups excluding carboxylic acids is 7. The topological polar surface area (TPSA) is 316 Å². The average Bonchev–Trinajstić information content (AvgIpc) is 3.82. The lowest BCUT2D eigenvalue weighted by Crippen LogP contribution is -2.61. The summed E-state index contributed by atoms with van der Waals surface area (Å²) < 4.78 is 0. The van der Waals surface area contributed by atoms with Crippen LogP contribution < -0.4 is 43.0 Å². The van der Waals surface area contributed by atoms with E-state index in [2.05, 4.69) is 47.2 Å². The van der Waals surface area contributed by atoms with Crippen molar-refractivity contribution in [2.45, 2.75) is 136 Å². The lowest BCUT2D eigenvalue weighted by molar-refractivity contribution is -0.143. The molecule has 0 saturated carbocycles. The van der Waals surface area contributed by atoms with Crippen molar-refractivity contribution in [3.05, 3.63) is 96.1 Å². The zero-order valence-corrected chi connectivity index (χ0v) is 41.6. The Hall–Kier alpha value is -7.35. The van der Waals surface area contributed by atoms with Gasteiger partial charge in [0, 0.05) is 31.2 Å². The van der Waals surface area contributed by atoms with Crippen molar-refractivity contribution in [1.29, 1.82) is 0 Å². The average molecular weight is 983 g/mol. The van der Waals surface area contributed by atoms with E-state index in [1.54, 1.807) is 26.0 Å². The van der Waals surface area contributed by atoms with Crippen LogP contribution in [-0.4, -0.2) is 116 Å². The number of H-pyrrole nitrogens is 1. The quantitative estimate of drug-likeness (QED) is 0.0430. The first-order valence-electron chi connectivity index (χ1n) is 23.8. The van der Waals surface area contributed by atoms with Crippen molar-refractivity contribution < 1.29 is 48.6 Å². The fourth-order valence-corrected chi connectivity index (χ4v) is 7.68. The predicted octanol–water partition coefficient (Wildman–Crippen LogP) is 1.89. The molecule has 1 aromatic heterocycles. The van der Waals surface area contributed by atoms with Crippen molar-refractivity contribution in [3.63, 3.8) is 0 Å². The van der Waals surface area contributed by atoms with Crippen molar-refractivity contribution >= 4 is 58.1 Å². The highest BCUT2D eigenvalue weighted by atomic mass is 16.4. The molecule has 4 aromatic rings. The van der Waals surface area contributed by atoms with Crippen molar-refractivity contribution in [1.82, 2.24) is 47.2 Å². The Labute approximate surface area is 413 Å². The second-order valence-corrected chi connectivity index (χ2v) is 19.2. The van der Waals surface area contributed by atoms with E-state index >= 15 is 0 Å². The maximum Gasteiger partial charge on any atom is 0.326 e. The number of imidazole rings is 1. The van der Waals surface area contributed by atoms with Crippen LogP contribution >= 0.6 is 0 Å². The fraction of sp³-hybridized carbons (Fsp3) is 0.471. The van der Waals surface area contributed by atoms with Crippen molar-refractivity contribution in [2.75, 3.05) is 0 Å². The summed E-state index contributed by atoms with van der Waals surface area (Å²) in [6.07, 6.45) is 2.79. The van der Waals surface area contributed by atoms with Crippen LogP contribution in [0.1, 0.15) is 85.1 Å². The number of phenols is 1. The number of nitrogens with one attached hydrogen (secondary N) is 8. The maximum atomic E-state index is 14.8. The maximum absolute atomic E-state index is 14.8.